The van der Waals surface area contributed by atoms with Crippen LogP contribution in [0.25, 0.3) is 0 Å². The fourth-order valence-electron chi connectivity index (χ4n) is 2.63. The molecule has 1 heteroatoms. The summed E-state index contributed by atoms with van der Waals surface area (Å²) in [5, 5.41) is 0. The number of Topliss-reactive ketones (excluding diaryl/α,β-unsaturated/α-hetero) is 1. The monoisotopic (exact) mass is 216 g/mol. The van der Waals surface area contributed by atoms with Crippen LogP contribution in [0.4, 0.5) is 0 Å². The maximum absolute atomic E-state index is 12.4. The zero-order valence-electron chi connectivity index (χ0n) is 10.2. The van der Waals surface area contributed by atoms with E-state index in [1.807, 2.05) is 18.2 Å². The average molecular weight is 216 g/mol. The highest BCUT2D eigenvalue weighted by molar-refractivity contribution is 5.99. The highest BCUT2D eigenvalue weighted by Gasteiger charge is 2.25. The van der Waals surface area contributed by atoms with Gasteiger partial charge in [-0.25, -0.2) is 0 Å². The molecular formula is C15H20O. The molecular weight excluding hydrogens is 196 g/mol. The highest BCUT2D eigenvalue weighted by Crippen LogP contribution is 2.30. The number of ketones is 1. The van der Waals surface area contributed by atoms with E-state index >= 15 is 0 Å². The molecule has 1 fully saturated rings. The number of carbonyl (C=O) groups is 1. The van der Waals surface area contributed by atoms with E-state index in [0.29, 0.717) is 17.6 Å². The summed E-state index contributed by atoms with van der Waals surface area (Å²) in [4.78, 5) is 12.4. The molecule has 86 valence electrons. The third-order valence-corrected chi connectivity index (χ3v) is 3.57. The summed E-state index contributed by atoms with van der Waals surface area (Å²) in [7, 11) is 0. The van der Waals surface area contributed by atoms with Crippen LogP contribution >= 0.6 is 0 Å². The summed E-state index contributed by atoms with van der Waals surface area (Å²) in [5.74, 6) is 1.10. The molecule has 0 atom stereocenters. The average Bonchev–Trinajstić information content (AvgIpc) is 2.81. The molecule has 2 rings (SSSR count). The molecule has 0 saturated heterocycles. The molecule has 0 radical (unpaired) electrons. The fraction of sp³-hybridized carbons (Fsp3) is 0.533. The van der Waals surface area contributed by atoms with Crippen molar-refractivity contribution < 1.29 is 4.79 Å². The molecule has 0 aliphatic heterocycles. The van der Waals surface area contributed by atoms with E-state index in [9.17, 15) is 4.79 Å². The Balaban J connectivity index is 2.28. The number of hydrogen-bond acceptors (Lipinski definition) is 1. The van der Waals surface area contributed by atoms with Crippen LogP contribution in [-0.2, 0) is 0 Å². The third-order valence-electron chi connectivity index (χ3n) is 3.57. The standard InChI is InChI=1S/C15H20O/c1-11(2)13-9-5-6-10-14(13)15(16)12-7-3-4-8-12/h5-6,9-12H,3-4,7-8H2,1-2H3. The second-order valence-corrected chi connectivity index (χ2v) is 5.09. The van der Waals surface area contributed by atoms with Gasteiger partial charge in [-0.3, -0.25) is 4.79 Å². The summed E-state index contributed by atoms with van der Waals surface area (Å²) in [6.07, 6.45) is 4.62. The lowest BCUT2D eigenvalue weighted by Gasteiger charge is -2.14. The van der Waals surface area contributed by atoms with Crippen LogP contribution in [0.3, 0.4) is 0 Å². The quantitative estimate of drug-likeness (QED) is 0.693. The first kappa shape index (κ1) is 11.4. The van der Waals surface area contributed by atoms with Gasteiger partial charge in [0.2, 0.25) is 0 Å². The van der Waals surface area contributed by atoms with Crippen LogP contribution in [0, 0.1) is 5.92 Å². The second kappa shape index (κ2) is 4.82. The van der Waals surface area contributed by atoms with E-state index in [4.69, 9.17) is 0 Å². The molecule has 1 aromatic carbocycles. The predicted octanol–water partition coefficient (Wildman–Crippen LogP) is 4.18. The van der Waals surface area contributed by atoms with Crippen LogP contribution in [0.5, 0.6) is 0 Å². The van der Waals surface area contributed by atoms with Crippen LogP contribution in [0.15, 0.2) is 24.3 Å². The highest BCUT2D eigenvalue weighted by atomic mass is 16.1. The minimum absolute atomic E-state index is 0.292. The molecule has 1 aliphatic rings. The molecule has 0 spiro atoms. The van der Waals surface area contributed by atoms with Gasteiger partial charge in [0.1, 0.15) is 0 Å². The summed E-state index contributed by atoms with van der Waals surface area (Å²) in [5.41, 5.74) is 2.17. The Kier molecular flexibility index (Phi) is 3.42. The van der Waals surface area contributed by atoms with Gasteiger partial charge in [0, 0.05) is 11.5 Å². The maximum atomic E-state index is 12.4. The largest absolute Gasteiger partial charge is 0.294 e. The van der Waals surface area contributed by atoms with Crippen molar-refractivity contribution in [3.63, 3.8) is 0 Å². The van der Waals surface area contributed by atoms with Crippen molar-refractivity contribution in [1.29, 1.82) is 0 Å². The summed E-state index contributed by atoms with van der Waals surface area (Å²) in [6, 6.07) is 8.09. The van der Waals surface area contributed by atoms with E-state index in [1.165, 1.54) is 18.4 Å². The van der Waals surface area contributed by atoms with Crippen molar-refractivity contribution in [3.05, 3.63) is 35.4 Å². The molecule has 0 heterocycles. The van der Waals surface area contributed by atoms with Gasteiger partial charge in [-0.15, -0.1) is 0 Å². The van der Waals surface area contributed by atoms with Crippen LogP contribution < -0.4 is 0 Å². The van der Waals surface area contributed by atoms with E-state index < -0.39 is 0 Å². The Morgan fingerprint density at radius 2 is 1.81 bits per heavy atom. The first-order chi connectivity index (χ1) is 7.70. The zero-order chi connectivity index (χ0) is 11.5. The summed E-state index contributed by atoms with van der Waals surface area (Å²) < 4.78 is 0. The number of carbonyl (C=O) groups excluding carboxylic acids is 1. The molecule has 1 nitrogen and oxygen atoms in total. The van der Waals surface area contributed by atoms with Crippen molar-refractivity contribution >= 4 is 5.78 Å². The first-order valence-corrected chi connectivity index (χ1v) is 6.33. The van der Waals surface area contributed by atoms with Crippen LogP contribution in [-0.4, -0.2) is 5.78 Å². The van der Waals surface area contributed by atoms with Crippen molar-refractivity contribution in [2.45, 2.75) is 45.4 Å². The SMILES string of the molecule is CC(C)c1ccccc1C(=O)C1CCCC1. The lowest BCUT2D eigenvalue weighted by molar-refractivity contribution is 0.0921. The van der Waals surface area contributed by atoms with E-state index in [2.05, 4.69) is 19.9 Å². The third kappa shape index (κ3) is 2.18. The Labute approximate surface area is 97.9 Å². The minimum atomic E-state index is 0.292. The topological polar surface area (TPSA) is 17.1 Å². The van der Waals surface area contributed by atoms with E-state index in [0.717, 1.165) is 18.4 Å². The number of benzene rings is 1. The zero-order valence-corrected chi connectivity index (χ0v) is 10.2. The molecule has 0 amide bonds. The van der Waals surface area contributed by atoms with Gasteiger partial charge in [0.05, 0.1) is 0 Å². The number of rotatable bonds is 3. The van der Waals surface area contributed by atoms with Crippen molar-refractivity contribution in [1.82, 2.24) is 0 Å². The van der Waals surface area contributed by atoms with Gasteiger partial charge < -0.3 is 0 Å². The molecule has 16 heavy (non-hydrogen) atoms. The molecule has 1 saturated carbocycles. The predicted molar refractivity (Wildman–Crippen MR) is 66.8 cm³/mol. The van der Waals surface area contributed by atoms with Crippen molar-refractivity contribution in [2.24, 2.45) is 5.92 Å². The molecule has 0 bridgehead atoms. The van der Waals surface area contributed by atoms with Gasteiger partial charge in [-0.1, -0.05) is 51.0 Å². The normalized spacial score (nSPS) is 16.9. The van der Waals surface area contributed by atoms with Gasteiger partial charge in [-0.2, -0.15) is 0 Å². The van der Waals surface area contributed by atoms with Gasteiger partial charge in [0.25, 0.3) is 0 Å². The Morgan fingerprint density at radius 3 is 2.44 bits per heavy atom. The van der Waals surface area contributed by atoms with E-state index in [1.54, 1.807) is 0 Å². The second-order valence-electron chi connectivity index (χ2n) is 5.09. The van der Waals surface area contributed by atoms with E-state index in [-0.39, 0.29) is 0 Å². The summed E-state index contributed by atoms with van der Waals surface area (Å²) in [6.45, 7) is 4.31. The molecule has 1 aromatic rings. The maximum Gasteiger partial charge on any atom is 0.166 e. The smallest absolute Gasteiger partial charge is 0.166 e. The lowest BCUT2D eigenvalue weighted by atomic mass is 9.89. The lowest BCUT2D eigenvalue weighted by Crippen LogP contribution is -2.13. The number of hydrogen-bond donors (Lipinski definition) is 0. The first-order valence-electron chi connectivity index (χ1n) is 6.33. The van der Waals surface area contributed by atoms with Gasteiger partial charge in [0.15, 0.2) is 5.78 Å². The van der Waals surface area contributed by atoms with Crippen molar-refractivity contribution in [2.75, 3.05) is 0 Å². The van der Waals surface area contributed by atoms with Gasteiger partial charge >= 0.3 is 0 Å². The summed E-state index contributed by atoms with van der Waals surface area (Å²) >= 11 is 0. The molecule has 1 aliphatic carbocycles. The molecule has 0 N–H and O–H groups in total. The van der Waals surface area contributed by atoms with Crippen molar-refractivity contribution in [3.8, 4) is 0 Å². The van der Waals surface area contributed by atoms with Crippen LogP contribution in [0.2, 0.25) is 0 Å². The molecule has 0 unspecified atom stereocenters. The Morgan fingerprint density at radius 1 is 1.19 bits per heavy atom. The van der Waals surface area contributed by atoms with Crippen LogP contribution in [0.1, 0.15) is 61.4 Å². The fourth-order valence-corrected chi connectivity index (χ4v) is 2.63. The Hall–Kier alpha value is -1.11. The molecule has 0 aromatic heterocycles. The Bertz CT molecular complexity index is 373. The van der Waals surface area contributed by atoms with Gasteiger partial charge in [-0.05, 0) is 24.3 Å². The minimum Gasteiger partial charge on any atom is -0.294 e.